The Kier molecular flexibility index (Phi) is 6.60. The van der Waals surface area contributed by atoms with Crippen molar-refractivity contribution >= 4 is 35.4 Å². The normalized spacial score (nSPS) is 22.2. The molecule has 1 saturated carbocycles. The molecular weight excluding hydrogens is 558 g/mol. The molecule has 1 aliphatic carbocycles. The maximum Gasteiger partial charge on any atom is 0.266 e. The van der Waals surface area contributed by atoms with Gasteiger partial charge < -0.3 is 18.7 Å². The highest BCUT2D eigenvalue weighted by Crippen LogP contribution is 2.47. The summed E-state index contributed by atoms with van der Waals surface area (Å²) in [7, 11) is 0. The van der Waals surface area contributed by atoms with Gasteiger partial charge in [0.15, 0.2) is 6.29 Å². The number of hydrogen-bond donors (Lipinski definition) is 0. The Morgan fingerprint density at radius 3 is 2.45 bits per heavy atom. The SMILES string of the molecule is O=Cc1ccc(-c2nc(N3C4CCC3CC(OCc3c(-c5c(Cl)cccc5Cl)noc3C3CC3)C4)no2)cc1F. The number of aromatic nitrogens is 3. The molecular formula is C29H25Cl2FN4O4. The summed E-state index contributed by atoms with van der Waals surface area (Å²) in [5.74, 6) is 1.31. The van der Waals surface area contributed by atoms with Crippen LogP contribution in [0.25, 0.3) is 22.7 Å². The molecule has 3 fully saturated rings. The third-order valence-corrected chi connectivity index (χ3v) is 8.77. The molecule has 2 unspecified atom stereocenters. The summed E-state index contributed by atoms with van der Waals surface area (Å²) in [5, 5.41) is 9.62. The van der Waals surface area contributed by atoms with E-state index in [1.165, 1.54) is 12.1 Å². The quantitative estimate of drug-likeness (QED) is 0.200. The largest absolute Gasteiger partial charge is 0.373 e. The first-order valence-corrected chi connectivity index (χ1v) is 14.2. The van der Waals surface area contributed by atoms with E-state index in [0.29, 0.717) is 51.6 Å². The number of piperidine rings is 1. The van der Waals surface area contributed by atoms with E-state index < -0.39 is 5.82 Å². The van der Waals surface area contributed by atoms with Crippen LogP contribution >= 0.6 is 23.2 Å². The molecule has 2 bridgehead atoms. The van der Waals surface area contributed by atoms with Crippen molar-refractivity contribution in [2.75, 3.05) is 4.90 Å². The molecule has 0 radical (unpaired) electrons. The number of fused-ring (bicyclic) bond motifs is 2. The van der Waals surface area contributed by atoms with Gasteiger partial charge >= 0.3 is 0 Å². The van der Waals surface area contributed by atoms with Crippen molar-refractivity contribution in [1.82, 2.24) is 15.3 Å². The van der Waals surface area contributed by atoms with Gasteiger partial charge in [0, 0.05) is 34.7 Å². The second-order valence-electron chi connectivity index (χ2n) is 10.7. The molecule has 11 heteroatoms. The van der Waals surface area contributed by atoms with Crippen molar-refractivity contribution in [2.45, 2.75) is 69.2 Å². The lowest BCUT2D eigenvalue weighted by atomic mass is 9.99. The number of nitrogens with zero attached hydrogens (tertiary/aromatic N) is 4. The Morgan fingerprint density at radius 1 is 1.02 bits per heavy atom. The minimum absolute atomic E-state index is 0.0128. The van der Waals surface area contributed by atoms with Crippen molar-refractivity contribution in [1.29, 1.82) is 0 Å². The van der Waals surface area contributed by atoms with Crippen molar-refractivity contribution in [3.63, 3.8) is 0 Å². The molecule has 0 N–H and O–H groups in total. The van der Waals surface area contributed by atoms with E-state index in [4.69, 9.17) is 37.0 Å². The van der Waals surface area contributed by atoms with Gasteiger partial charge in [-0.2, -0.15) is 4.98 Å². The first kappa shape index (κ1) is 25.7. The number of carbonyl (C=O) groups is 1. The number of anilines is 1. The molecule has 3 aliphatic rings. The van der Waals surface area contributed by atoms with Gasteiger partial charge in [-0.05, 0) is 74.0 Å². The van der Waals surface area contributed by atoms with E-state index in [1.54, 1.807) is 18.2 Å². The van der Waals surface area contributed by atoms with E-state index in [0.717, 1.165) is 49.8 Å². The maximum absolute atomic E-state index is 14.1. The van der Waals surface area contributed by atoms with Gasteiger partial charge in [0.25, 0.3) is 11.8 Å². The summed E-state index contributed by atoms with van der Waals surface area (Å²) in [6, 6.07) is 10.0. The summed E-state index contributed by atoms with van der Waals surface area (Å²) < 4.78 is 31.9. The zero-order valence-electron chi connectivity index (χ0n) is 21.4. The van der Waals surface area contributed by atoms with Gasteiger partial charge in [0.05, 0.1) is 28.3 Å². The van der Waals surface area contributed by atoms with Crippen LogP contribution in [0.3, 0.4) is 0 Å². The molecule has 4 aromatic rings. The van der Waals surface area contributed by atoms with Crippen LogP contribution in [0.5, 0.6) is 0 Å². The van der Waals surface area contributed by atoms with Crippen LogP contribution in [0.4, 0.5) is 10.3 Å². The molecule has 2 aromatic heterocycles. The van der Waals surface area contributed by atoms with E-state index in [2.05, 4.69) is 20.2 Å². The monoisotopic (exact) mass is 582 g/mol. The summed E-state index contributed by atoms with van der Waals surface area (Å²) >= 11 is 13.0. The number of hydrogen-bond acceptors (Lipinski definition) is 8. The molecule has 2 saturated heterocycles. The van der Waals surface area contributed by atoms with E-state index in [1.807, 2.05) is 6.07 Å². The molecule has 206 valence electrons. The van der Waals surface area contributed by atoms with Crippen LogP contribution < -0.4 is 4.90 Å². The second kappa shape index (κ2) is 10.3. The molecule has 40 heavy (non-hydrogen) atoms. The number of ether oxygens (including phenoxy) is 1. The topological polar surface area (TPSA) is 94.5 Å². The van der Waals surface area contributed by atoms with Crippen molar-refractivity contribution in [2.24, 2.45) is 0 Å². The lowest BCUT2D eigenvalue weighted by molar-refractivity contribution is 0.0144. The molecule has 4 heterocycles. The van der Waals surface area contributed by atoms with E-state index >= 15 is 0 Å². The number of carbonyl (C=O) groups excluding carboxylic acids is 1. The highest BCUT2D eigenvalue weighted by molar-refractivity contribution is 6.39. The van der Waals surface area contributed by atoms with Gasteiger partial charge in [0.1, 0.15) is 17.3 Å². The lowest BCUT2D eigenvalue weighted by Gasteiger charge is -2.37. The van der Waals surface area contributed by atoms with Crippen LogP contribution in [0.2, 0.25) is 10.0 Å². The summed E-state index contributed by atoms with van der Waals surface area (Å²) in [6.07, 6.45) is 6.29. The molecule has 0 spiro atoms. The standard InChI is InChI=1S/C29H25Cl2FN4O4/c30-22-2-1-3-23(31)25(22)26-21(27(39-34-26)15-4-5-15)14-38-20-11-18-8-9-19(12-20)36(18)29-33-28(40-35-29)16-6-7-17(13-37)24(32)10-16/h1-3,6-7,10,13,15,18-20H,4-5,8-9,11-12,14H2. The predicted octanol–water partition coefficient (Wildman–Crippen LogP) is 7.24. The fraction of sp³-hybridized carbons (Fsp3) is 0.379. The Balaban J connectivity index is 1.07. The first-order chi connectivity index (χ1) is 19.5. The lowest BCUT2D eigenvalue weighted by Crippen LogP contribution is -2.46. The molecule has 7 rings (SSSR count). The molecule has 8 nitrogen and oxygen atoms in total. The zero-order chi connectivity index (χ0) is 27.4. The highest BCUT2D eigenvalue weighted by atomic mass is 35.5. The summed E-state index contributed by atoms with van der Waals surface area (Å²) in [4.78, 5) is 17.7. The van der Waals surface area contributed by atoms with E-state index in [9.17, 15) is 9.18 Å². The van der Waals surface area contributed by atoms with Crippen LogP contribution in [0.15, 0.2) is 45.4 Å². The molecule has 2 aromatic carbocycles. The smallest absolute Gasteiger partial charge is 0.266 e. The minimum Gasteiger partial charge on any atom is -0.373 e. The van der Waals surface area contributed by atoms with Crippen molar-refractivity contribution in [3.05, 3.63) is 69.1 Å². The third kappa shape index (κ3) is 4.60. The average Bonchev–Trinajstić information content (AvgIpc) is 3.41. The number of aldehydes is 1. The fourth-order valence-corrected chi connectivity index (χ4v) is 6.61. The third-order valence-electron chi connectivity index (χ3n) is 8.14. The van der Waals surface area contributed by atoms with Gasteiger partial charge in [-0.1, -0.05) is 34.4 Å². The fourth-order valence-electron chi connectivity index (χ4n) is 6.03. The van der Waals surface area contributed by atoms with Crippen LogP contribution in [0.1, 0.15) is 66.1 Å². The van der Waals surface area contributed by atoms with Gasteiger partial charge in [-0.3, -0.25) is 4.79 Å². The summed E-state index contributed by atoms with van der Waals surface area (Å²) in [6.45, 7) is 0.366. The van der Waals surface area contributed by atoms with E-state index in [-0.39, 0.29) is 29.6 Å². The highest BCUT2D eigenvalue weighted by Gasteiger charge is 2.43. The van der Waals surface area contributed by atoms with Crippen LogP contribution in [-0.4, -0.2) is 39.8 Å². The number of benzene rings is 2. The minimum atomic E-state index is -0.622. The molecule has 2 aliphatic heterocycles. The number of halogens is 3. The zero-order valence-corrected chi connectivity index (χ0v) is 22.9. The first-order valence-electron chi connectivity index (χ1n) is 13.4. The Labute approximate surface area is 239 Å². The van der Waals surface area contributed by atoms with Gasteiger partial charge in [0.2, 0.25) is 0 Å². The number of rotatable bonds is 8. The van der Waals surface area contributed by atoms with Crippen molar-refractivity contribution in [3.8, 4) is 22.7 Å². The average molecular weight is 583 g/mol. The molecule has 2 atom stereocenters. The summed E-state index contributed by atoms with van der Waals surface area (Å²) in [5.41, 5.74) is 2.66. The van der Waals surface area contributed by atoms with Crippen LogP contribution in [0, 0.1) is 5.82 Å². The van der Waals surface area contributed by atoms with Crippen molar-refractivity contribution < 1.29 is 23.0 Å². The molecule has 0 amide bonds. The maximum atomic E-state index is 14.1. The Morgan fingerprint density at radius 2 is 1.77 bits per heavy atom. The second-order valence-corrected chi connectivity index (χ2v) is 11.5. The Hall–Kier alpha value is -3.27. The van der Waals surface area contributed by atoms with Crippen LogP contribution in [-0.2, 0) is 11.3 Å². The predicted molar refractivity (Wildman–Crippen MR) is 146 cm³/mol. The Bertz CT molecular complexity index is 1550. The van der Waals surface area contributed by atoms with Gasteiger partial charge in [-0.15, -0.1) is 0 Å². The van der Waals surface area contributed by atoms with Gasteiger partial charge in [-0.25, -0.2) is 4.39 Å².